The molecule has 20 heavy (non-hydrogen) atoms. The molecule has 0 spiro atoms. The summed E-state index contributed by atoms with van der Waals surface area (Å²) in [5, 5.41) is 8.90. The summed E-state index contributed by atoms with van der Waals surface area (Å²) in [4.78, 5) is 0. The van der Waals surface area contributed by atoms with Crippen LogP contribution in [0.2, 0.25) is 0 Å². The van der Waals surface area contributed by atoms with Gasteiger partial charge in [0, 0.05) is 13.1 Å². The lowest BCUT2D eigenvalue weighted by Gasteiger charge is -2.29. The number of hydrogen-bond acceptors (Lipinski definition) is 3. The van der Waals surface area contributed by atoms with Gasteiger partial charge in [-0.25, -0.2) is 8.42 Å². The quantitative estimate of drug-likeness (QED) is 0.875. The van der Waals surface area contributed by atoms with Gasteiger partial charge >= 0.3 is 0 Å². The van der Waals surface area contributed by atoms with Crippen molar-refractivity contribution in [2.24, 2.45) is 0 Å². The fraction of sp³-hybridized carbons (Fsp3) is 0.600. The topological polar surface area (TPSA) is 57.6 Å². The highest BCUT2D eigenvalue weighted by atomic mass is 32.2. The van der Waals surface area contributed by atoms with Crippen LogP contribution in [0.1, 0.15) is 37.7 Å². The van der Waals surface area contributed by atoms with Gasteiger partial charge in [0.15, 0.2) is 0 Å². The molecule has 0 unspecified atom stereocenters. The van der Waals surface area contributed by atoms with E-state index < -0.39 is 10.0 Å². The van der Waals surface area contributed by atoms with Crippen LogP contribution in [-0.2, 0) is 16.6 Å². The molecule has 0 heterocycles. The van der Waals surface area contributed by atoms with Gasteiger partial charge in [-0.2, -0.15) is 4.31 Å². The lowest BCUT2D eigenvalue weighted by atomic mass is 10.0. The van der Waals surface area contributed by atoms with Crippen LogP contribution in [0.25, 0.3) is 0 Å². The molecule has 0 radical (unpaired) electrons. The largest absolute Gasteiger partial charge is 0.395 e. The Hall–Kier alpha value is -0.910. The molecular weight excluding hydrogens is 274 g/mol. The van der Waals surface area contributed by atoms with E-state index in [1.807, 2.05) is 30.3 Å². The third-order valence-corrected chi connectivity index (χ3v) is 6.23. The first kappa shape index (κ1) is 15.5. The normalized spacial score (nSPS) is 17.5. The van der Waals surface area contributed by atoms with Gasteiger partial charge in [-0.05, 0) is 18.4 Å². The molecule has 0 bridgehead atoms. The molecule has 0 amide bonds. The minimum atomic E-state index is -3.31. The van der Waals surface area contributed by atoms with Crippen LogP contribution in [0, 0.1) is 0 Å². The van der Waals surface area contributed by atoms with Crippen LogP contribution in [0.15, 0.2) is 30.3 Å². The Labute approximate surface area is 121 Å². The molecule has 0 aromatic heterocycles. The number of sulfonamides is 1. The number of hydrogen-bond donors (Lipinski definition) is 1. The summed E-state index contributed by atoms with van der Waals surface area (Å²) in [5.74, 6) is 0. The van der Waals surface area contributed by atoms with Gasteiger partial charge in [0.05, 0.1) is 11.9 Å². The molecule has 112 valence electrons. The van der Waals surface area contributed by atoms with E-state index in [1.54, 1.807) is 0 Å². The summed E-state index contributed by atoms with van der Waals surface area (Å²) in [5.41, 5.74) is 0.959. The van der Waals surface area contributed by atoms with Crippen LogP contribution in [0.4, 0.5) is 0 Å². The van der Waals surface area contributed by atoms with Crippen molar-refractivity contribution in [3.8, 4) is 0 Å². The van der Waals surface area contributed by atoms with Gasteiger partial charge in [-0.1, -0.05) is 49.6 Å². The third-order valence-electron chi connectivity index (χ3n) is 3.88. The fourth-order valence-corrected chi connectivity index (χ4v) is 4.78. The monoisotopic (exact) mass is 297 g/mol. The Morgan fingerprint density at radius 2 is 1.75 bits per heavy atom. The second-order valence-electron chi connectivity index (χ2n) is 5.35. The van der Waals surface area contributed by atoms with Crippen molar-refractivity contribution < 1.29 is 13.5 Å². The summed E-state index contributed by atoms with van der Waals surface area (Å²) in [6.45, 7) is 0.382. The van der Waals surface area contributed by atoms with E-state index in [1.165, 1.54) is 4.31 Å². The van der Waals surface area contributed by atoms with E-state index in [4.69, 9.17) is 0 Å². The smallest absolute Gasteiger partial charge is 0.217 e. The molecule has 1 aromatic carbocycles. The van der Waals surface area contributed by atoms with Crippen molar-refractivity contribution in [1.82, 2.24) is 4.31 Å². The highest BCUT2D eigenvalue weighted by Gasteiger charge is 2.32. The van der Waals surface area contributed by atoms with E-state index in [9.17, 15) is 13.5 Å². The second kappa shape index (κ2) is 7.20. The molecule has 4 nitrogen and oxygen atoms in total. The van der Waals surface area contributed by atoms with Crippen LogP contribution in [0.5, 0.6) is 0 Å². The number of benzene rings is 1. The Balaban J connectivity index is 2.14. The number of rotatable bonds is 6. The lowest BCUT2D eigenvalue weighted by Crippen LogP contribution is -2.40. The van der Waals surface area contributed by atoms with Crippen LogP contribution in [-0.4, -0.2) is 36.2 Å². The minimum absolute atomic E-state index is 0.140. The maximum atomic E-state index is 12.7. The first-order chi connectivity index (χ1) is 9.64. The van der Waals surface area contributed by atoms with E-state index in [0.29, 0.717) is 6.54 Å². The molecule has 1 fully saturated rings. The molecule has 0 atom stereocenters. The average molecular weight is 297 g/mol. The molecule has 0 aliphatic heterocycles. The average Bonchev–Trinajstić information content (AvgIpc) is 2.49. The first-order valence-corrected chi connectivity index (χ1v) is 8.78. The molecule has 1 saturated carbocycles. The maximum Gasteiger partial charge on any atom is 0.217 e. The predicted molar refractivity (Wildman–Crippen MR) is 79.7 cm³/mol. The molecule has 1 aromatic rings. The molecule has 0 saturated heterocycles. The molecule has 1 aliphatic carbocycles. The highest BCUT2D eigenvalue weighted by molar-refractivity contribution is 7.89. The van der Waals surface area contributed by atoms with E-state index in [0.717, 1.165) is 37.7 Å². The summed E-state index contributed by atoms with van der Waals surface area (Å²) in [7, 11) is -3.31. The predicted octanol–water partition coefficient (Wildman–Crippen LogP) is 2.14. The molecule has 1 N–H and O–H groups in total. The van der Waals surface area contributed by atoms with E-state index in [-0.39, 0.29) is 18.4 Å². The molecule has 2 rings (SSSR count). The van der Waals surface area contributed by atoms with E-state index >= 15 is 0 Å². The van der Waals surface area contributed by atoms with Gasteiger partial charge in [-0.3, -0.25) is 0 Å². The lowest BCUT2D eigenvalue weighted by molar-refractivity contribution is 0.248. The number of nitrogens with zero attached hydrogens (tertiary/aromatic N) is 1. The van der Waals surface area contributed by atoms with Crippen molar-refractivity contribution in [2.75, 3.05) is 13.2 Å². The van der Waals surface area contributed by atoms with Gasteiger partial charge in [-0.15, -0.1) is 0 Å². The van der Waals surface area contributed by atoms with Crippen molar-refractivity contribution in [1.29, 1.82) is 0 Å². The zero-order valence-corrected chi connectivity index (χ0v) is 12.6. The summed E-state index contributed by atoms with van der Waals surface area (Å²) in [6, 6.07) is 9.55. The van der Waals surface area contributed by atoms with Gasteiger partial charge in [0.1, 0.15) is 0 Å². The van der Waals surface area contributed by atoms with Crippen molar-refractivity contribution in [3.05, 3.63) is 35.9 Å². The molecule has 1 aliphatic rings. The first-order valence-electron chi connectivity index (χ1n) is 7.28. The summed E-state index contributed by atoms with van der Waals surface area (Å²) >= 11 is 0. The van der Waals surface area contributed by atoms with Gasteiger partial charge in [0.2, 0.25) is 10.0 Å². The zero-order chi connectivity index (χ0) is 14.4. The van der Waals surface area contributed by atoms with Crippen LogP contribution in [0.3, 0.4) is 0 Å². The second-order valence-corrected chi connectivity index (χ2v) is 7.56. The Morgan fingerprint density at radius 1 is 1.10 bits per heavy atom. The number of aliphatic hydroxyl groups is 1. The van der Waals surface area contributed by atoms with Crippen LogP contribution >= 0.6 is 0 Å². The standard InChI is InChI=1S/C15H23NO3S/c17-12-11-16(13-14-7-3-1-4-8-14)20(18,19)15-9-5-2-6-10-15/h1,3-4,7-8,15,17H,2,5-6,9-13H2. The Morgan fingerprint density at radius 3 is 2.35 bits per heavy atom. The minimum Gasteiger partial charge on any atom is -0.395 e. The van der Waals surface area contributed by atoms with Crippen molar-refractivity contribution in [3.63, 3.8) is 0 Å². The van der Waals surface area contributed by atoms with Gasteiger partial charge in [0.25, 0.3) is 0 Å². The Bertz CT molecular complexity index is 495. The van der Waals surface area contributed by atoms with Gasteiger partial charge < -0.3 is 5.11 Å². The molecular formula is C15H23NO3S. The Kier molecular flexibility index (Phi) is 5.57. The van der Waals surface area contributed by atoms with Crippen molar-refractivity contribution >= 4 is 10.0 Å². The summed E-state index contributed by atoms with van der Waals surface area (Å²) in [6.07, 6.45) is 4.60. The zero-order valence-electron chi connectivity index (χ0n) is 11.7. The molecule has 5 heteroatoms. The summed E-state index contributed by atoms with van der Waals surface area (Å²) < 4.78 is 26.8. The number of aliphatic hydroxyl groups excluding tert-OH is 1. The third kappa shape index (κ3) is 3.81. The van der Waals surface area contributed by atoms with Crippen molar-refractivity contribution in [2.45, 2.75) is 43.9 Å². The van der Waals surface area contributed by atoms with Crippen LogP contribution < -0.4 is 0 Å². The fourth-order valence-electron chi connectivity index (χ4n) is 2.77. The van der Waals surface area contributed by atoms with E-state index in [2.05, 4.69) is 0 Å². The highest BCUT2D eigenvalue weighted by Crippen LogP contribution is 2.26. The maximum absolute atomic E-state index is 12.7. The SMILES string of the molecule is O=S(=O)(C1CCCCC1)N(CCO)Cc1ccccc1.